The highest BCUT2D eigenvalue weighted by molar-refractivity contribution is 7.92. The van der Waals surface area contributed by atoms with Gasteiger partial charge >= 0.3 is 0 Å². The maximum absolute atomic E-state index is 12.9. The predicted molar refractivity (Wildman–Crippen MR) is 122 cm³/mol. The Kier molecular flexibility index (Phi) is 12.3. The molecule has 1 saturated heterocycles. The fourth-order valence-electron chi connectivity index (χ4n) is 3.89. The van der Waals surface area contributed by atoms with Crippen molar-refractivity contribution in [1.82, 2.24) is 10.6 Å². The van der Waals surface area contributed by atoms with E-state index in [0.717, 1.165) is 38.8 Å². The van der Waals surface area contributed by atoms with Crippen molar-refractivity contribution in [3.63, 3.8) is 0 Å². The van der Waals surface area contributed by atoms with Crippen LogP contribution in [0.25, 0.3) is 0 Å². The summed E-state index contributed by atoms with van der Waals surface area (Å²) < 4.78 is 12.9. The third-order valence-electron chi connectivity index (χ3n) is 5.56. The highest BCUT2D eigenvalue weighted by Crippen LogP contribution is 2.27. The average Bonchev–Trinajstić information content (AvgIpc) is 2.67. The number of amides is 1. The third-order valence-corrected chi connectivity index (χ3v) is 7.69. The van der Waals surface area contributed by atoms with E-state index < -0.39 is 11.2 Å². The Morgan fingerprint density at radius 1 is 1.10 bits per heavy atom. The molecule has 2 aliphatic rings. The molecule has 1 aromatic rings. The topological polar surface area (TPSA) is 64.2 Å². The van der Waals surface area contributed by atoms with Gasteiger partial charge < -0.3 is 15.2 Å². The lowest BCUT2D eigenvalue weighted by atomic mass is 9.91. The molecule has 1 aliphatic carbocycles. The first-order valence-corrected chi connectivity index (χ1v) is 11.8. The monoisotopic (exact) mass is 437 g/mol. The molecule has 1 unspecified atom stereocenters. The van der Waals surface area contributed by atoms with Crippen LogP contribution in [0.4, 0.5) is 0 Å². The zero-order valence-electron chi connectivity index (χ0n) is 17.3. The molecule has 6 heteroatoms. The van der Waals surface area contributed by atoms with Gasteiger partial charge in [0.15, 0.2) is 4.90 Å². The molecule has 161 valence electrons. The number of hydrogen-bond acceptors (Lipinski definition) is 3. The van der Waals surface area contributed by atoms with Crippen LogP contribution in [0.3, 0.4) is 0 Å². The van der Waals surface area contributed by atoms with Crippen LogP contribution < -0.4 is 10.6 Å². The molecule has 1 aliphatic heterocycles. The van der Waals surface area contributed by atoms with Crippen LogP contribution >= 0.6 is 11.6 Å². The summed E-state index contributed by atoms with van der Waals surface area (Å²) in [6.07, 6.45) is 10.3. The SMILES string of the molecule is O=C(NC[C]1CCCCCCC1)c1cc([S+]([O-])C2CCNCC2)ccc1Cl.[CH2].[CH2]. The van der Waals surface area contributed by atoms with Gasteiger partial charge in [0.1, 0.15) is 5.25 Å². The van der Waals surface area contributed by atoms with Crippen LogP contribution in [-0.2, 0) is 11.2 Å². The Morgan fingerprint density at radius 3 is 2.38 bits per heavy atom. The molecule has 1 amide bonds. The van der Waals surface area contributed by atoms with E-state index in [0.29, 0.717) is 22.0 Å². The van der Waals surface area contributed by atoms with Gasteiger partial charge in [-0.05, 0) is 55.2 Å². The van der Waals surface area contributed by atoms with Crippen molar-refractivity contribution in [2.75, 3.05) is 19.6 Å². The normalized spacial score (nSPS) is 19.8. The molecule has 1 atom stereocenters. The molecular formula is C23H34ClN2O2S. The Balaban J connectivity index is 0.00000210. The number of carbonyl (C=O) groups excluding carboxylic acids is 1. The number of nitrogens with one attached hydrogen (secondary N) is 2. The maximum atomic E-state index is 12.9. The molecule has 5 radical (unpaired) electrons. The van der Waals surface area contributed by atoms with Crippen molar-refractivity contribution >= 4 is 28.7 Å². The quantitative estimate of drug-likeness (QED) is 0.643. The van der Waals surface area contributed by atoms with Gasteiger partial charge in [-0.3, -0.25) is 4.79 Å². The molecule has 4 nitrogen and oxygen atoms in total. The van der Waals surface area contributed by atoms with Gasteiger partial charge in [0.2, 0.25) is 0 Å². The highest BCUT2D eigenvalue weighted by atomic mass is 35.5. The van der Waals surface area contributed by atoms with E-state index in [1.807, 2.05) is 0 Å². The minimum Gasteiger partial charge on any atom is -0.611 e. The van der Waals surface area contributed by atoms with E-state index in [2.05, 4.69) is 10.6 Å². The summed E-state index contributed by atoms with van der Waals surface area (Å²) in [5.74, 6) is 1.26. The Hall–Kier alpha value is -0.750. The molecule has 2 N–H and O–H groups in total. The second kappa shape index (κ2) is 13.5. The van der Waals surface area contributed by atoms with E-state index in [1.165, 1.54) is 38.0 Å². The van der Waals surface area contributed by atoms with Gasteiger partial charge in [-0.2, -0.15) is 0 Å². The average molecular weight is 438 g/mol. The highest BCUT2D eigenvalue weighted by Gasteiger charge is 2.28. The smallest absolute Gasteiger partial charge is 0.253 e. The largest absolute Gasteiger partial charge is 0.611 e. The Bertz CT molecular complexity index is 615. The van der Waals surface area contributed by atoms with Crippen LogP contribution in [-0.4, -0.2) is 35.3 Å². The van der Waals surface area contributed by atoms with Gasteiger partial charge in [0, 0.05) is 25.5 Å². The number of carbonyl (C=O) groups is 1. The molecule has 1 aromatic carbocycles. The van der Waals surface area contributed by atoms with E-state index in [1.54, 1.807) is 18.2 Å². The number of rotatable bonds is 5. The van der Waals surface area contributed by atoms with Crippen molar-refractivity contribution < 1.29 is 9.35 Å². The molecule has 29 heavy (non-hydrogen) atoms. The third kappa shape index (κ3) is 7.78. The molecule has 2 fully saturated rings. The molecule has 3 rings (SSSR count). The summed E-state index contributed by atoms with van der Waals surface area (Å²) in [5, 5.41) is 6.89. The number of benzene rings is 1. The first-order valence-electron chi connectivity index (χ1n) is 10.2. The van der Waals surface area contributed by atoms with Crippen LogP contribution in [0.1, 0.15) is 68.1 Å². The molecular weight excluding hydrogens is 404 g/mol. The van der Waals surface area contributed by atoms with Crippen molar-refractivity contribution in [3.8, 4) is 0 Å². The standard InChI is InChI=1S/C21H30ClN2O2S.2CH2/c22-20-9-8-18(27(26)17-10-12-23-13-11-17)14-19(20)21(25)24-15-16-6-4-2-1-3-5-7-16;;/h8-9,14,17,23H,1-7,10-13,15H2,(H,24,25);2*1H2. The lowest BCUT2D eigenvalue weighted by Gasteiger charge is -2.25. The van der Waals surface area contributed by atoms with E-state index >= 15 is 0 Å². The van der Waals surface area contributed by atoms with E-state index in [9.17, 15) is 9.35 Å². The first kappa shape index (κ1) is 26.3. The van der Waals surface area contributed by atoms with Gasteiger partial charge in [0.25, 0.3) is 5.91 Å². The lowest BCUT2D eigenvalue weighted by molar-refractivity contribution is 0.0954. The fraction of sp³-hybridized carbons (Fsp3) is 0.565. The van der Waals surface area contributed by atoms with Crippen LogP contribution in [0, 0.1) is 20.8 Å². The zero-order valence-corrected chi connectivity index (χ0v) is 18.9. The van der Waals surface area contributed by atoms with Crippen molar-refractivity contribution in [2.24, 2.45) is 0 Å². The molecule has 0 bridgehead atoms. The van der Waals surface area contributed by atoms with Crippen molar-refractivity contribution in [2.45, 2.75) is 67.9 Å². The minimum atomic E-state index is -1.10. The van der Waals surface area contributed by atoms with Crippen LogP contribution in [0.15, 0.2) is 23.1 Å². The fourth-order valence-corrected chi connectivity index (χ4v) is 5.58. The van der Waals surface area contributed by atoms with E-state index in [4.69, 9.17) is 11.6 Å². The molecule has 0 spiro atoms. The van der Waals surface area contributed by atoms with Gasteiger partial charge in [-0.25, -0.2) is 0 Å². The Morgan fingerprint density at radius 2 is 1.72 bits per heavy atom. The molecule has 0 aromatic heterocycles. The summed E-state index contributed by atoms with van der Waals surface area (Å²) in [5.41, 5.74) is 0.433. The number of halogens is 1. The molecule has 1 heterocycles. The predicted octanol–water partition coefficient (Wildman–Crippen LogP) is 4.90. The second-order valence-electron chi connectivity index (χ2n) is 7.59. The van der Waals surface area contributed by atoms with E-state index in [-0.39, 0.29) is 26.0 Å². The summed E-state index contributed by atoms with van der Waals surface area (Å²) >= 11 is 5.17. The first-order chi connectivity index (χ1) is 13.1. The summed E-state index contributed by atoms with van der Waals surface area (Å²) in [7, 11) is 0. The summed E-state index contributed by atoms with van der Waals surface area (Å²) in [6, 6.07) is 5.22. The van der Waals surface area contributed by atoms with Crippen molar-refractivity contribution in [1.29, 1.82) is 0 Å². The summed E-state index contributed by atoms with van der Waals surface area (Å²) in [4.78, 5) is 13.4. The van der Waals surface area contributed by atoms with Crippen LogP contribution in [0.5, 0.6) is 0 Å². The van der Waals surface area contributed by atoms with Crippen LogP contribution in [0.2, 0.25) is 5.02 Å². The van der Waals surface area contributed by atoms with Gasteiger partial charge in [-0.15, -0.1) is 0 Å². The van der Waals surface area contributed by atoms with Crippen molar-refractivity contribution in [3.05, 3.63) is 49.6 Å². The second-order valence-corrected chi connectivity index (χ2v) is 9.73. The number of piperidine rings is 1. The zero-order chi connectivity index (χ0) is 19.1. The minimum absolute atomic E-state index is 0. The van der Waals surface area contributed by atoms with Gasteiger partial charge in [-0.1, -0.05) is 58.6 Å². The summed E-state index contributed by atoms with van der Waals surface area (Å²) in [6.45, 7) is 2.42. The maximum Gasteiger partial charge on any atom is 0.253 e. The Labute approximate surface area is 185 Å². The van der Waals surface area contributed by atoms with Gasteiger partial charge in [0.05, 0.1) is 10.6 Å². The number of hydrogen-bond donors (Lipinski definition) is 2. The molecule has 1 saturated carbocycles. The lowest BCUT2D eigenvalue weighted by Crippen LogP contribution is -2.36.